The number of urea groups is 2. The van der Waals surface area contributed by atoms with Gasteiger partial charge in [0.05, 0.1) is 0 Å². The van der Waals surface area contributed by atoms with Gasteiger partial charge in [-0.15, -0.1) is 0 Å². The Morgan fingerprint density at radius 1 is 0.909 bits per heavy atom. The normalized spacial score (nSPS) is 14.5. The van der Waals surface area contributed by atoms with Crippen LogP contribution in [0, 0.1) is 12.8 Å². The summed E-state index contributed by atoms with van der Waals surface area (Å²) in [6, 6.07) is 16.1. The van der Waals surface area contributed by atoms with Crippen LogP contribution in [-0.4, -0.2) is 60.0 Å². The summed E-state index contributed by atoms with van der Waals surface area (Å²) in [7, 11) is 0. The summed E-state index contributed by atoms with van der Waals surface area (Å²) in [4.78, 5) is 41.5. The zero-order valence-corrected chi connectivity index (χ0v) is 19.5. The Labute approximate surface area is 195 Å². The summed E-state index contributed by atoms with van der Waals surface area (Å²) in [6.07, 6.45) is 0. The van der Waals surface area contributed by atoms with Crippen molar-refractivity contribution in [3.8, 4) is 0 Å². The van der Waals surface area contributed by atoms with Gasteiger partial charge in [-0.1, -0.05) is 56.3 Å². The molecular formula is C25H33N5O3. The van der Waals surface area contributed by atoms with E-state index in [-0.39, 0.29) is 23.9 Å². The van der Waals surface area contributed by atoms with Crippen LogP contribution in [0.3, 0.4) is 0 Å². The number of benzene rings is 2. The van der Waals surface area contributed by atoms with Gasteiger partial charge in [-0.25, -0.2) is 9.59 Å². The van der Waals surface area contributed by atoms with Crippen LogP contribution in [-0.2, 0) is 11.3 Å². The zero-order valence-electron chi connectivity index (χ0n) is 19.5. The number of carbonyl (C=O) groups excluding carboxylic acids is 3. The van der Waals surface area contributed by atoms with Crippen molar-refractivity contribution in [1.29, 1.82) is 0 Å². The van der Waals surface area contributed by atoms with Crippen molar-refractivity contribution in [2.75, 3.05) is 31.5 Å². The molecule has 0 bridgehead atoms. The number of anilines is 1. The first-order valence-corrected chi connectivity index (χ1v) is 11.3. The molecule has 1 aliphatic heterocycles. The summed E-state index contributed by atoms with van der Waals surface area (Å²) in [5.41, 5.74) is 2.81. The van der Waals surface area contributed by atoms with Gasteiger partial charge in [-0.05, 0) is 36.1 Å². The van der Waals surface area contributed by atoms with E-state index in [4.69, 9.17) is 0 Å². The molecule has 33 heavy (non-hydrogen) atoms. The van der Waals surface area contributed by atoms with Crippen LogP contribution >= 0.6 is 0 Å². The largest absolute Gasteiger partial charge is 0.337 e. The van der Waals surface area contributed by atoms with E-state index in [9.17, 15) is 14.4 Å². The molecule has 1 unspecified atom stereocenters. The van der Waals surface area contributed by atoms with Crippen LogP contribution < -0.4 is 16.0 Å². The van der Waals surface area contributed by atoms with Gasteiger partial charge in [0, 0.05) is 38.4 Å². The van der Waals surface area contributed by atoms with Crippen LogP contribution in [0.5, 0.6) is 0 Å². The smallest absolute Gasteiger partial charge is 0.321 e. The van der Waals surface area contributed by atoms with E-state index in [0.29, 0.717) is 32.7 Å². The number of rotatable bonds is 6. The third-order valence-corrected chi connectivity index (χ3v) is 5.66. The molecule has 3 N–H and O–H groups in total. The van der Waals surface area contributed by atoms with E-state index >= 15 is 0 Å². The monoisotopic (exact) mass is 451 g/mol. The maximum atomic E-state index is 13.1. The predicted molar refractivity (Wildman–Crippen MR) is 129 cm³/mol. The maximum Gasteiger partial charge on any atom is 0.321 e. The van der Waals surface area contributed by atoms with Gasteiger partial charge in [-0.2, -0.15) is 0 Å². The molecule has 1 atom stereocenters. The lowest BCUT2D eigenvalue weighted by molar-refractivity contribution is -0.135. The highest BCUT2D eigenvalue weighted by molar-refractivity contribution is 5.90. The quantitative estimate of drug-likeness (QED) is 0.630. The SMILES string of the molecule is Cc1cccc(NC(=O)N2CCN(C(=O)C(NC(=O)NCc3ccccc3)C(C)C)CC2)c1. The van der Waals surface area contributed by atoms with E-state index in [1.54, 1.807) is 9.80 Å². The molecule has 0 saturated carbocycles. The lowest BCUT2D eigenvalue weighted by Gasteiger charge is -2.37. The number of amides is 5. The second kappa shape index (κ2) is 11.4. The Morgan fingerprint density at radius 2 is 1.58 bits per heavy atom. The first-order valence-electron chi connectivity index (χ1n) is 11.3. The predicted octanol–water partition coefficient (Wildman–Crippen LogP) is 3.20. The average molecular weight is 452 g/mol. The van der Waals surface area contributed by atoms with E-state index in [1.165, 1.54) is 0 Å². The van der Waals surface area contributed by atoms with Crippen LogP contribution in [0.4, 0.5) is 15.3 Å². The molecule has 2 aromatic rings. The van der Waals surface area contributed by atoms with Gasteiger partial charge in [0.25, 0.3) is 0 Å². The number of hydrogen-bond donors (Lipinski definition) is 3. The van der Waals surface area contributed by atoms with Gasteiger partial charge in [0.1, 0.15) is 6.04 Å². The van der Waals surface area contributed by atoms with Crippen molar-refractivity contribution < 1.29 is 14.4 Å². The molecule has 3 rings (SSSR count). The summed E-state index contributed by atoms with van der Waals surface area (Å²) in [5.74, 6) is -0.193. The van der Waals surface area contributed by atoms with Gasteiger partial charge >= 0.3 is 12.1 Å². The lowest BCUT2D eigenvalue weighted by Crippen LogP contribution is -2.58. The zero-order chi connectivity index (χ0) is 23.8. The standard InChI is InChI=1S/C25H33N5O3/c1-18(2)22(28-24(32)26-17-20-9-5-4-6-10-20)23(31)29-12-14-30(15-13-29)25(33)27-21-11-7-8-19(3)16-21/h4-11,16,18,22H,12-15,17H2,1-3H3,(H,27,33)(H2,26,28,32). The van der Waals surface area contributed by atoms with E-state index in [1.807, 2.05) is 75.4 Å². The van der Waals surface area contributed by atoms with Gasteiger partial charge in [-0.3, -0.25) is 4.79 Å². The fourth-order valence-electron chi connectivity index (χ4n) is 3.74. The molecule has 8 heteroatoms. The summed E-state index contributed by atoms with van der Waals surface area (Å²) >= 11 is 0. The molecule has 0 aliphatic carbocycles. The molecule has 176 valence electrons. The number of nitrogens with zero attached hydrogens (tertiary/aromatic N) is 2. The minimum Gasteiger partial charge on any atom is -0.337 e. The number of piperazine rings is 1. The summed E-state index contributed by atoms with van der Waals surface area (Å²) < 4.78 is 0. The van der Waals surface area contributed by atoms with Crippen LogP contribution in [0.2, 0.25) is 0 Å². The number of nitrogens with one attached hydrogen (secondary N) is 3. The van der Waals surface area contributed by atoms with Crippen molar-refractivity contribution in [3.63, 3.8) is 0 Å². The third kappa shape index (κ3) is 6.97. The van der Waals surface area contributed by atoms with Crippen LogP contribution in [0.25, 0.3) is 0 Å². The van der Waals surface area contributed by atoms with E-state index in [0.717, 1.165) is 16.8 Å². The molecule has 2 aromatic carbocycles. The fraction of sp³-hybridized carbons (Fsp3) is 0.400. The number of hydrogen-bond acceptors (Lipinski definition) is 3. The molecule has 1 heterocycles. The molecule has 1 fully saturated rings. The van der Waals surface area contributed by atoms with Gasteiger partial charge < -0.3 is 25.8 Å². The summed E-state index contributed by atoms with van der Waals surface area (Å²) in [5, 5.41) is 8.54. The molecule has 0 spiro atoms. The van der Waals surface area contributed by atoms with E-state index < -0.39 is 6.04 Å². The Balaban J connectivity index is 1.49. The Morgan fingerprint density at radius 3 is 2.21 bits per heavy atom. The van der Waals surface area contributed by atoms with Crippen molar-refractivity contribution >= 4 is 23.7 Å². The van der Waals surface area contributed by atoms with Crippen molar-refractivity contribution in [2.45, 2.75) is 33.4 Å². The molecular weight excluding hydrogens is 418 g/mol. The maximum absolute atomic E-state index is 13.1. The number of aryl methyl sites for hydroxylation is 1. The van der Waals surface area contributed by atoms with E-state index in [2.05, 4.69) is 16.0 Å². The molecule has 0 aromatic heterocycles. The molecule has 0 radical (unpaired) electrons. The highest BCUT2D eigenvalue weighted by atomic mass is 16.2. The molecule has 1 aliphatic rings. The highest BCUT2D eigenvalue weighted by Crippen LogP contribution is 2.13. The van der Waals surface area contributed by atoms with Crippen LogP contribution in [0.15, 0.2) is 54.6 Å². The average Bonchev–Trinajstić information content (AvgIpc) is 2.81. The fourth-order valence-corrected chi connectivity index (χ4v) is 3.74. The molecule has 1 saturated heterocycles. The minimum atomic E-state index is -0.631. The summed E-state index contributed by atoms with van der Waals surface area (Å²) in [6.45, 7) is 7.91. The van der Waals surface area contributed by atoms with Crippen LogP contribution in [0.1, 0.15) is 25.0 Å². The first-order chi connectivity index (χ1) is 15.8. The second-order valence-corrected chi connectivity index (χ2v) is 8.65. The van der Waals surface area contributed by atoms with Crippen molar-refractivity contribution in [3.05, 3.63) is 65.7 Å². The Hall–Kier alpha value is -3.55. The Kier molecular flexibility index (Phi) is 8.29. The topological polar surface area (TPSA) is 93.8 Å². The first kappa shape index (κ1) is 24.1. The lowest BCUT2D eigenvalue weighted by atomic mass is 10.0. The minimum absolute atomic E-state index is 0.0670. The molecule has 8 nitrogen and oxygen atoms in total. The van der Waals surface area contributed by atoms with Crippen molar-refractivity contribution in [2.24, 2.45) is 5.92 Å². The van der Waals surface area contributed by atoms with Gasteiger partial charge in [0.15, 0.2) is 0 Å². The third-order valence-electron chi connectivity index (χ3n) is 5.66. The van der Waals surface area contributed by atoms with Gasteiger partial charge in [0.2, 0.25) is 5.91 Å². The highest BCUT2D eigenvalue weighted by Gasteiger charge is 2.31. The second-order valence-electron chi connectivity index (χ2n) is 8.65. The Bertz CT molecular complexity index is 956. The van der Waals surface area contributed by atoms with Crippen molar-refractivity contribution in [1.82, 2.24) is 20.4 Å². The molecule has 5 amide bonds. The number of carbonyl (C=O) groups is 3.